The van der Waals surface area contributed by atoms with Crippen molar-refractivity contribution in [1.29, 1.82) is 0 Å². The van der Waals surface area contributed by atoms with Crippen LogP contribution in [0.3, 0.4) is 0 Å². The highest BCUT2D eigenvalue weighted by molar-refractivity contribution is 7.92. The molecule has 1 aliphatic rings. The van der Waals surface area contributed by atoms with E-state index in [0.29, 0.717) is 11.3 Å². The summed E-state index contributed by atoms with van der Waals surface area (Å²) in [5.74, 6) is -0.325. The number of hydrogen-bond acceptors (Lipinski definition) is 5. The van der Waals surface area contributed by atoms with E-state index < -0.39 is 27.2 Å². The highest BCUT2D eigenvalue weighted by Gasteiger charge is 2.44. The highest BCUT2D eigenvalue weighted by Crippen LogP contribution is 2.29. The Labute approximate surface area is 138 Å². The van der Waals surface area contributed by atoms with Crippen LogP contribution in [0.15, 0.2) is 53.4 Å². The number of halogens is 1. The van der Waals surface area contributed by atoms with Gasteiger partial charge in [-0.2, -0.15) is 0 Å². The Morgan fingerprint density at radius 3 is 2.67 bits per heavy atom. The third kappa shape index (κ3) is 3.63. The third-order valence-electron chi connectivity index (χ3n) is 3.56. The van der Waals surface area contributed by atoms with Crippen molar-refractivity contribution in [1.82, 2.24) is 0 Å². The fourth-order valence-electron chi connectivity index (χ4n) is 2.31. The van der Waals surface area contributed by atoms with Crippen molar-refractivity contribution in [2.45, 2.75) is 22.9 Å². The zero-order valence-corrected chi connectivity index (χ0v) is 13.4. The average molecular weight is 350 g/mol. The number of carbonyl (C=O) groups excluding carboxylic acids is 1. The molecule has 1 heterocycles. The molecule has 3 rings (SSSR count). The molecule has 0 aromatic heterocycles. The molecule has 2 atom stereocenters. The Morgan fingerprint density at radius 2 is 2.00 bits per heavy atom. The van der Waals surface area contributed by atoms with Crippen LogP contribution >= 0.6 is 0 Å². The Balaban J connectivity index is 1.90. The van der Waals surface area contributed by atoms with Crippen LogP contribution in [0.1, 0.15) is 5.56 Å². The van der Waals surface area contributed by atoms with E-state index in [4.69, 9.17) is 9.47 Å². The summed E-state index contributed by atoms with van der Waals surface area (Å²) in [4.78, 5) is 10.4. The van der Waals surface area contributed by atoms with Gasteiger partial charge in [-0.1, -0.05) is 18.2 Å². The second-order valence-corrected chi connectivity index (χ2v) is 7.40. The number of sulfone groups is 1. The van der Waals surface area contributed by atoms with E-state index in [9.17, 15) is 17.6 Å². The largest absolute Gasteiger partial charge is 0.471 e. The summed E-state index contributed by atoms with van der Waals surface area (Å²) in [6.07, 6.45) is 0.357. The van der Waals surface area contributed by atoms with E-state index in [1.54, 1.807) is 24.3 Å². The molecular formula is C17H15FO5S. The lowest BCUT2D eigenvalue weighted by molar-refractivity contribution is -0.107. The minimum absolute atomic E-state index is 0.160. The first-order valence-corrected chi connectivity index (χ1v) is 8.85. The van der Waals surface area contributed by atoms with Gasteiger partial charge in [-0.15, -0.1) is 0 Å². The quantitative estimate of drug-likeness (QED) is 0.565. The maximum Gasteiger partial charge on any atom is 0.231 e. The smallest absolute Gasteiger partial charge is 0.231 e. The summed E-state index contributed by atoms with van der Waals surface area (Å²) < 4.78 is 49.6. The Morgan fingerprint density at radius 1 is 1.25 bits per heavy atom. The molecule has 0 amide bonds. The summed E-state index contributed by atoms with van der Waals surface area (Å²) in [6.45, 7) is 0.257. The van der Waals surface area contributed by atoms with Crippen LogP contribution in [-0.2, 0) is 25.8 Å². The van der Waals surface area contributed by atoms with Gasteiger partial charge in [0.05, 0.1) is 11.5 Å². The van der Waals surface area contributed by atoms with Crippen molar-refractivity contribution in [2.24, 2.45) is 0 Å². The average Bonchev–Trinajstić information content (AvgIpc) is 3.38. The predicted molar refractivity (Wildman–Crippen MR) is 84.0 cm³/mol. The molecule has 0 bridgehead atoms. The van der Waals surface area contributed by atoms with Crippen molar-refractivity contribution in [3.05, 3.63) is 59.9 Å². The maximum atomic E-state index is 13.4. The molecule has 0 saturated carbocycles. The minimum atomic E-state index is -3.94. The van der Waals surface area contributed by atoms with Gasteiger partial charge in [0.25, 0.3) is 0 Å². The lowest BCUT2D eigenvalue weighted by Crippen LogP contribution is -2.33. The molecule has 24 heavy (non-hydrogen) atoms. The topological polar surface area (TPSA) is 73.0 Å². The SMILES string of the molecule is O=CCc1cccc(OC(C2CO2)S(=O)(=O)c2cccc(F)c2)c1. The molecule has 0 aliphatic carbocycles. The predicted octanol–water partition coefficient (Wildman–Crippen LogP) is 2.14. The summed E-state index contributed by atoms with van der Waals surface area (Å²) in [5, 5.41) is 0. The summed E-state index contributed by atoms with van der Waals surface area (Å²) in [7, 11) is -3.94. The van der Waals surface area contributed by atoms with Crippen molar-refractivity contribution in [3.63, 3.8) is 0 Å². The van der Waals surface area contributed by atoms with E-state index in [1.165, 1.54) is 18.2 Å². The Hall–Kier alpha value is -2.25. The number of ether oxygens (including phenoxy) is 2. The first-order chi connectivity index (χ1) is 11.5. The molecule has 1 aliphatic heterocycles. The third-order valence-corrected chi connectivity index (χ3v) is 5.49. The summed E-state index contributed by atoms with van der Waals surface area (Å²) in [6, 6.07) is 11.4. The van der Waals surface area contributed by atoms with Crippen LogP contribution in [0, 0.1) is 5.82 Å². The molecular weight excluding hydrogens is 335 g/mol. The number of hydrogen-bond donors (Lipinski definition) is 0. The lowest BCUT2D eigenvalue weighted by atomic mass is 10.1. The number of epoxide rings is 1. The van der Waals surface area contributed by atoms with Gasteiger partial charge in [-0.05, 0) is 35.9 Å². The second-order valence-electron chi connectivity index (χ2n) is 5.38. The van der Waals surface area contributed by atoms with Gasteiger partial charge in [-0.25, -0.2) is 12.8 Å². The van der Waals surface area contributed by atoms with E-state index in [0.717, 1.165) is 12.4 Å². The second kappa shape index (κ2) is 6.70. The van der Waals surface area contributed by atoms with Gasteiger partial charge in [0.15, 0.2) is 0 Å². The fourth-order valence-corrected chi connectivity index (χ4v) is 3.91. The van der Waals surface area contributed by atoms with E-state index in [2.05, 4.69) is 0 Å². The van der Waals surface area contributed by atoms with E-state index >= 15 is 0 Å². The van der Waals surface area contributed by atoms with Crippen molar-refractivity contribution < 1.29 is 27.1 Å². The normalized spacial score (nSPS) is 18.0. The maximum absolute atomic E-state index is 13.4. The molecule has 0 radical (unpaired) electrons. The van der Waals surface area contributed by atoms with Gasteiger partial charge in [0.2, 0.25) is 15.3 Å². The van der Waals surface area contributed by atoms with Gasteiger partial charge >= 0.3 is 0 Å². The molecule has 2 unspecified atom stereocenters. The monoisotopic (exact) mass is 350 g/mol. The van der Waals surface area contributed by atoms with Gasteiger partial charge in [0.1, 0.15) is 24.0 Å². The minimum Gasteiger partial charge on any atom is -0.471 e. The molecule has 0 N–H and O–H groups in total. The highest BCUT2D eigenvalue weighted by atomic mass is 32.2. The number of aldehydes is 1. The van der Waals surface area contributed by atoms with Gasteiger partial charge in [-0.3, -0.25) is 0 Å². The van der Waals surface area contributed by atoms with Crippen molar-refractivity contribution in [3.8, 4) is 5.75 Å². The molecule has 2 aromatic rings. The summed E-state index contributed by atoms with van der Waals surface area (Å²) in [5.41, 5.74) is -0.563. The molecule has 1 fully saturated rings. The molecule has 0 spiro atoms. The molecule has 7 heteroatoms. The summed E-state index contributed by atoms with van der Waals surface area (Å²) >= 11 is 0. The van der Waals surface area contributed by atoms with Gasteiger partial charge < -0.3 is 14.3 Å². The number of benzene rings is 2. The van der Waals surface area contributed by atoms with Crippen molar-refractivity contribution in [2.75, 3.05) is 6.61 Å². The number of carbonyl (C=O) groups is 1. The zero-order chi connectivity index (χ0) is 17.2. The van der Waals surface area contributed by atoms with Crippen LogP contribution in [0.4, 0.5) is 4.39 Å². The standard InChI is InChI=1S/C17H15FO5S/c18-13-4-2-6-15(10-13)24(20,21)17(16-11-22-16)23-14-5-1-3-12(9-14)7-8-19/h1-6,8-10,16-17H,7,11H2. The molecule has 126 valence electrons. The van der Waals surface area contributed by atoms with Crippen LogP contribution in [-0.4, -0.2) is 32.9 Å². The number of rotatable bonds is 7. The Kier molecular flexibility index (Phi) is 4.64. The first kappa shape index (κ1) is 16.6. The van der Waals surface area contributed by atoms with Crippen LogP contribution in [0.25, 0.3) is 0 Å². The van der Waals surface area contributed by atoms with Crippen LogP contribution < -0.4 is 4.74 Å². The fraction of sp³-hybridized carbons (Fsp3) is 0.235. The van der Waals surface area contributed by atoms with E-state index in [1.807, 2.05) is 0 Å². The Bertz CT molecular complexity index is 846. The van der Waals surface area contributed by atoms with Crippen LogP contribution in [0.5, 0.6) is 5.75 Å². The zero-order valence-electron chi connectivity index (χ0n) is 12.6. The van der Waals surface area contributed by atoms with E-state index in [-0.39, 0.29) is 17.9 Å². The molecule has 5 nitrogen and oxygen atoms in total. The first-order valence-electron chi connectivity index (χ1n) is 7.31. The van der Waals surface area contributed by atoms with Crippen molar-refractivity contribution >= 4 is 16.1 Å². The molecule has 1 saturated heterocycles. The lowest BCUT2D eigenvalue weighted by Gasteiger charge is -2.18. The van der Waals surface area contributed by atoms with Crippen LogP contribution in [0.2, 0.25) is 0 Å². The molecule has 2 aromatic carbocycles. The van der Waals surface area contributed by atoms with Gasteiger partial charge in [0, 0.05) is 6.42 Å².